The van der Waals surface area contributed by atoms with Crippen molar-refractivity contribution in [3.05, 3.63) is 35.5 Å². The third-order valence-electron chi connectivity index (χ3n) is 1.38. The molecular weight excluding hydrogens is 188 g/mol. The maximum Gasteiger partial charge on any atom is 0.267 e. The van der Waals surface area contributed by atoms with Crippen LogP contribution in [-0.2, 0) is 4.79 Å². The van der Waals surface area contributed by atoms with Gasteiger partial charge in [0.15, 0.2) is 0 Å². The van der Waals surface area contributed by atoms with Gasteiger partial charge >= 0.3 is 0 Å². The summed E-state index contributed by atoms with van der Waals surface area (Å²) in [4.78, 5) is 15.1. The first-order valence-electron chi connectivity index (χ1n) is 3.69. The quantitative estimate of drug-likeness (QED) is 0.736. The van der Waals surface area contributed by atoms with Gasteiger partial charge in [-0.3, -0.25) is 4.79 Å². The van der Waals surface area contributed by atoms with Crippen molar-refractivity contribution in [3.63, 3.8) is 0 Å². The molecule has 0 aliphatic carbocycles. The molecule has 1 amide bonds. The van der Waals surface area contributed by atoms with Crippen molar-refractivity contribution in [2.45, 2.75) is 6.92 Å². The molecule has 0 aliphatic rings. The summed E-state index contributed by atoms with van der Waals surface area (Å²) in [5, 5.41) is 2.45. The highest BCUT2D eigenvalue weighted by molar-refractivity contribution is 6.43. The van der Waals surface area contributed by atoms with Crippen molar-refractivity contribution in [2.75, 3.05) is 5.32 Å². The number of hydrogen-bond acceptors (Lipinski definition) is 2. The van der Waals surface area contributed by atoms with Crippen molar-refractivity contribution in [1.29, 1.82) is 0 Å². The molecule has 1 aromatic heterocycles. The van der Waals surface area contributed by atoms with Crippen LogP contribution in [0.3, 0.4) is 0 Å². The van der Waals surface area contributed by atoms with E-state index >= 15 is 0 Å². The summed E-state index contributed by atoms with van der Waals surface area (Å²) < 4.78 is 0. The molecule has 0 atom stereocenters. The molecule has 1 heterocycles. The SMILES string of the molecule is C=C(Cl)C(=O)Nc1cccc(C)n1. The second kappa shape index (κ2) is 4.05. The maximum atomic E-state index is 11.0. The number of rotatable bonds is 2. The molecule has 1 N–H and O–H groups in total. The van der Waals surface area contributed by atoms with Crippen LogP contribution < -0.4 is 5.32 Å². The van der Waals surface area contributed by atoms with Gasteiger partial charge in [0.05, 0.1) is 5.03 Å². The van der Waals surface area contributed by atoms with Crippen molar-refractivity contribution in [1.82, 2.24) is 4.98 Å². The Bertz CT molecular complexity index is 349. The summed E-state index contributed by atoms with van der Waals surface area (Å²) in [6.45, 7) is 5.14. The standard InChI is InChI=1S/C9H9ClN2O/c1-6-4-3-5-8(11-6)12-9(13)7(2)10/h3-5H,2H2,1H3,(H,11,12,13). The predicted molar refractivity (Wildman–Crippen MR) is 52.6 cm³/mol. The molecular formula is C9H9ClN2O. The van der Waals surface area contributed by atoms with E-state index in [-0.39, 0.29) is 5.03 Å². The van der Waals surface area contributed by atoms with E-state index in [1.54, 1.807) is 12.1 Å². The zero-order valence-electron chi connectivity index (χ0n) is 7.17. The van der Waals surface area contributed by atoms with Gasteiger partial charge in [0, 0.05) is 5.69 Å². The van der Waals surface area contributed by atoms with Crippen molar-refractivity contribution in [2.24, 2.45) is 0 Å². The van der Waals surface area contributed by atoms with E-state index in [4.69, 9.17) is 11.6 Å². The van der Waals surface area contributed by atoms with E-state index in [0.717, 1.165) is 5.69 Å². The Morgan fingerprint density at radius 1 is 1.62 bits per heavy atom. The topological polar surface area (TPSA) is 42.0 Å². The van der Waals surface area contributed by atoms with Crippen LogP contribution in [0.5, 0.6) is 0 Å². The normalized spacial score (nSPS) is 9.38. The van der Waals surface area contributed by atoms with E-state index in [9.17, 15) is 4.79 Å². The van der Waals surface area contributed by atoms with Crippen LogP contribution in [0.4, 0.5) is 5.82 Å². The van der Waals surface area contributed by atoms with Crippen LogP contribution in [0.1, 0.15) is 5.69 Å². The van der Waals surface area contributed by atoms with Crippen molar-refractivity contribution in [3.8, 4) is 0 Å². The monoisotopic (exact) mass is 196 g/mol. The minimum absolute atomic E-state index is 0.0525. The molecule has 68 valence electrons. The fourth-order valence-corrected chi connectivity index (χ4v) is 0.844. The van der Waals surface area contributed by atoms with Crippen LogP contribution in [0, 0.1) is 6.92 Å². The number of pyridine rings is 1. The highest BCUT2D eigenvalue weighted by atomic mass is 35.5. The molecule has 3 nitrogen and oxygen atoms in total. The van der Waals surface area contributed by atoms with Crippen LogP contribution in [0.2, 0.25) is 0 Å². The number of carbonyl (C=O) groups excluding carboxylic acids is 1. The molecule has 0 aromatic carbocycles. The third kappa shape index (κ3) is 2.87. The first kappa shape index (κ1) is 9.74. The van der Waals surface area contributed by atoms with Crippen LogP contribution >= 0.6 is 11.6 Å². The minimum atomic E-state index is -0.431. The van der Waals surface area contributed by atoms with Gasteiger partial charge in [-0.2, -0.15) is 0 Å². The van der Waals surface area contributed by atoms with Crippen molar-refractivity contribution >= 4 is 23.3 Å². The fourth-order valence-electron chi connectivity index (χ4n) is 0.797. The van der Waals surface area contributed by atoms with Gasteiger partial charge in [-0.1, -0.05) is 24.2 Å². The summed E-state index contributed by atoms with van der Waals surface area (Å²) in [6, 6.07) is 5.32. The number of carbonyl (C=O) groups is 1. The fraction of sp³-hybridized carbons (Fsp3) is 0.111. The Morgan fingerprint density at radius 2 is 2.31 bits per heavy atom. The lowest BCUT2D eigenvalue weighted by Crippen LogP contribution is -2.11. The highest BCUT2D eigenvalue weighted by Gasteiger charge is 2.04. The number of amides is 1. The average molecular weight is 197 g/mol. The Hall–Kier alpha value is -1.35. The van der Waals surface area contributed by atoms with Gasteiger partial charge in [-0.05, 0) is 19.1 Å². The lowest BCUT2D eigenvalue weighted by molar-refractivity contribution is -0.112. The smallest absolute Gasteiger partial charge is 0.267 e. The average Bonchev–Trinajstić information content (AvgIpc) is 2.04. The number of nitrogens with one attached hydrogen (secondary N) is 1. The van der Waals surface area contributed by atoms with Gasteiger partial charge in [-0.15, -0.1) is 0 Å². The van der Waals surface area contributed by atoms with E-state index in [2.05, 4.69) is 16.9 Å². The highest BCUT2D eigenvalue weighted by Crippen LogP contribution is 2.06. The predicted octanol–water partition coefficient (Wildman–Crippen LogP) is 2.08. The maximum absolute atomic E-state index is 11.0. The number of halogens is 1. The third-order valence-corrected chi connectivity index (χ3v) is 1.55. The largest absolute Gasteiger partial charge is 0.306 e. The second-order valence-corrected chi connectivity index (χ2v) is 2.98. The van der Waals surface area contributed by atoms with Crippen LogP contribution in [-0.4, -0.2) is 10.9 Å². The number of aromatic nitrogens is 1. The van der Waals surface area contributed by atoms with E-state index in [1.165, 1.54) is 0 Å². The zero-order chi connectivity index (χ0) is 9.84. The van der Waals surface area contributed by atoms with Gasteiger partial charge < -0.3 is 5.32 Å². The van der Waals surface area contributed by atoms with E-state index in [1.807, 2.05) is 13.0 Å². The Labute approximate surface area is 81.4 Å². The lowest BCUT2D eigenvalue weighted by atomic mass is 10.4. The van der Waals surface area contributed by atoms with Crippen LogP contribution in [0.25, 0.3) is 0 Å². The summed E-state index contributed by atoms with van der Waals surface area (Å²) in [5.41, 5.74) is 0.831. The molecule has 0 spiro atoms. The molecule has 0 bridgehead atoms. The number of nitrogens with zero attached hydrogens (tertiary/aromatic N) is 1. The summed E-state index contributed by atoms with van der Waals surface area (Å²) in [7, 11) is 0. The second-order valence-electron chi connectivity index (χ2n) is 2.52. The van der Waals surface area contributed by atoms with Gasteiger partial charge in [-0.25, -0.2) is 4.98 Å². The molecule has 4 heteroatoms. The molecule has 0 unspecified atom stereocenters. The first-order chi connectivity index (χ1) is 6.09. The lowest BCUT2D eigenvalue weighted by Gasteiger charge is -2.02. The summed E-state index contributed by atoms with van der Waals surface area (Å²) in [6.07, 6.45) is 0. The summed E-state index contributed by atoms with van der Waals surface area (Å²) >= 11 is 5.38. The first-order valence-corrected chi connectivity index (χ1v) is 4.07. The zero-order valence-corrected chi connectivity index (χ0v) is 7.93. The number of aryl methyl sites for hydroxylation is 1. The number of anilines is 1. The molecule has 0 radical (unpaired) electrons. The minimum Gasteiger partial charge on any atom is -0.306 e. The number of hydrogen-bond donors (Lipinski definition) is 1. The van der Waals surface area contributed by atoms with Gasteiger partial charge in [0.1, 0.15) is 5.82 Å². The summed E-state index contributed by atoms with van der Waals surface area (Å²) in [5.74, 6) is 0.0477. The van der Waals surface area contributed by atoms with Gasteiger partial charge in [0.25, 0.3) is 5.91 Å². The Morgan fingerprint density at radius 3 is 2.85 bits per heavy atom. The molecule has 0 saturated heterocycles. The molecule has 1 aromatic rings. The molecule has 0 saturated carbocycles. The van der Waals surface area contributed by atoms with Gasteiger partial charge in [0.2, 0.25) is 0 Å². The molecule has 13 heavy (non-hydrogen) atoms. The van der Waals surface area contributed by atoms with Crippen LogP contribution in [0.15, 0.2) is 29.8 Å². The molecule has 0 aliphatic heterocycles. The molecule has 0 fully saturated rings. The van der Waals surface area contributed by atoms with Crippen molar-refractivity contribution < 1.29 is 4.79 Å². The molecule has 1 rings (SSSR count). The van der Waals surface area contributed by atoms with E-state index < -0.39 is 5.91 Å². The Kier molecular flexibility index (Phi) is 3.03. The Balaban J connectivity index is 2.75. The van der Waals surface area contributed by atoms with E-state index in [0.29, 0.717) is 5.82 Å².